The highest BCUT2D eigenvalue weighted by atomic mass is 35.5. The van der Waals surface area contributed by atoms with Crippen LogP contribution in [0.1, 0.15) is 40.0 Å². The third-order valence-corrected chi connectivity index (χ3v) is 3.17. The summed E-state index contributed by atoms with van der Waals surface area (Å²) in [4.78, 5) is 0. The Balaban J connectivity index is 2.47. The largest absolute Gasteiger partial charge is 0.397 e. The summed E-state index contributed by atoms with van der Waals surface area (Å²) in [5, 5.41) is 4.09. The summed E-state index contributed by atoms with van der Waals surface area (Å²) in [7, 11) is 0. The molecule has 0 aliphatic rings. The maximum absolute atomic E-state index is 6.12. The average molecular weight is 255 g/mol. The Morgan fingerprint density at radius 2 is 1.94 bits per heavy atom. The predicted molar refractivity (Wildman–Crippen MR) is 77.6 cm³/mol. The van der Waals surface area contributed by atoms with E-state index in [2.05, 4.69) is 26.1 Å². The summed E-state index contributed by atoms with van der Waals surface area (Å²) < 4.78 is 0. The van der Waals surface area contributed by atoms with Crippen molar-refractivity contribution in [2.24, 2.45) is 5.92 Å². The van der Waals surface area contributed by atoms with Gasteiger partial charge >= 0.3 is 0 Å². The fourth-order valence-corrected chi connectivity index (χ4v) is 2.08. The molecule has 0 heterocycles. The van der Waals surface area contributed by atoms with Crippen LogP contribution in [0.4, 0.5) is 11.4 Å². The molecule has 3 heteroatoms. The molecule has 17 heavy (non-hydrogen) atoms. The van der Waals surface area contributed by atoms with Crippen molar-refractivity contribution in [1.29, 1.82) is 0 Å². The van der Waals surface area contributed by atoms with Crippen LogP contribution in [-0.4, -0.2) is 6.04 Å². The first-order valence-electron chi connectivity index (χ1n) is 6.31. The molecular formula is C14H23ClN2. The Bertz CT molecular complexity index is 330. The second kappa shape index (κ2) is 6.75. The zero-order valence-corrected chi connectivity index (χ0v) is 11.7. The van der Waals surface area contributed by atoms with Crippen molar-refractivity contribution >= 4 is 23.0 Å². The van der Waals surface area contributed by atoms with Gasteiger partial charge in [0.2, 0.25) is 0 Å². The maximum atomic E-state index is 6.12. The van der Waals surface area contributed by atoms with Crippen molar-refractivity contribution in [3.8, 4) is 0 Å². The highest BCUT2D eigenvalue weighted by Crippen LogP contribution is 2.29. The second-order valence-electron chi connectivity index (χ2n) is 5.07. The number of para-hydroxylation sites is 1. The lowest BCUT2D eigenvalue weighted by molar-refractivity contribution is 0.520. The molecule has 0 radical (unpaired) electrons. The number of anilines is 2. The third kappa shape index (κ3) is 4.86. The highest BCUT2D eigenvalue weighted by Gasteiger charge is 2.08. The topological polar surface area (TPSA) is 38.0 Å². The van der Waals surface area contributed by atoms with Gasteiger partial charge in [-0.3, -0.25) is 0 Å². The molecule has 0 fully saturated rings. The van der Waals surface area contributed by atoms with Crippen LogP contribution in [0.15, 0.2) is 18.2 Å². The van der Waals surface area contributed by atoms with Crippen LogP contribution in [0.3, 0.4) is 0 Å². The van der Waals surface area contributed by atoms with E-state index in [1.807, 2.05) is 18.2 Å². The summed E-state index contributed by atoms with van der Waals surface area (Å²) in [6.07, 6.45) is 3.64. The molecule has 0 aliphatic carbocycles. The van der Waals surface area contributed by atoms with Gasteiger partial charge in [0.25, 0.3) is 0 Å². The van der Waals surface area contributed by atoms with E-state index >= 15 is 0 Å². The fraction of sp³-hybridized carbons (Fsp3) is 0.571. The van der Waals surface area contributed by atoms with Crippen LogP contribution < -0.4 is 11.1 Å². The Hall–Kier alpha value is -0.890. The molecule has 1 rings (SSSR count). The minimum Gasteiger partial charge on any atom is -0.397 e. The van der Waals surface area contributed by atoms with Gasteiger partial charge in [-0.1, -0.05) is 44.4 Å². The van der Waals surface area contributed by atoms with E-state index in [0.717, 1.165) is 18.0 Å². The monoisotopic (exact) mass is 254 g/mol. The zero-order valence-electron chi connectivity index (χ0n) is 11.0. The van der Waals surface area contributed by atoms with Crippen LogP contribution in [0.25, 0.3) is 0 Å². The molecule has 0 aliphatic heterocycles. The van der Waals surface area contributed by atoms with E-state index in [1.165, 1.54) is 12.8 Å². The molecule has 0 aromatic heterocycles. The van der Waals surface area contributed by atoms with E-state index in [-0.39, 0.29) is 0 Å². The quantitative estimate of drug-likeness (QED) is 0.731. The zero-order chi connectivity index (χ0) is 12.8. The molecule has 3 N–H and O–H groups in total. The van der Waals surface area contributed by atoms with Gasteiger partial charge in [0.1, 0.15) is 0 Å². The Morgan fingerprint density at radius 3 is 2.53 bits per heavy atom. The van der Waals surface area contributed by atoms with Gasteiger partial charge in [0.05, 0.1) is 16.4 Å². The van der Waals surface area contributed by atoms with E-state index in [0.29, 0.717) is 16.8 Å². The van der Waals surface area contributed by atoms with Gasteiger partial charge in [0.15, 0.2) is 0 Å². The molecule has 1 aromatic carbocycles. The lowest BCUT2D eigenvalue weighted by Gasteiger charge is -2.18. The molecular weight excluding hydrogens is 232 g/mol. The van der Waals surface area contributed by atoms with Gasteiger partial charge < -0.3 is 11.1 Å². The lowest BCUT2D eigenvalue weighted by atomic mass is 10.0. The van der Waals surface area contributed by atoms with Crippen molar-refractivity contribution in [3.05, 3.63) is 23.2 Å². The summed E-state index contributed by atoms with van der Waals surface area (Å²) in [5.41, 5.74) is 7.48. The van der Waals surface area contributed by atoms with Gasteiger partial charge in [0, 0.05) is 6.04 Å². The average Bonchev–Trinajstić information content (AvgIpc) is 2.23. The Morgan fingerprint density at radius 1 is 1.24 bits per heavy atom. The molecule has 0 saturated carbocycles. The number of nitrogen functional groups attached to an aromatic ring is 1. The SMILES string of the molecule is CC(C)CCCC(C)Nc1c(N)cccc1Cl. The normalized spacial score (nSPS) is 12.8. The van der Waals surface area contributed by atoms with E-state index in [1.54, 1.807) is 0 Å². The first kappa shape index (κ1) is 14.2. The van der Waals surface area contributed by atoms with Crippen LogP contribution in [-0.2, 0) is 0 Å². The van der Waals surface area contributed by atoms with Crippen LogP contribution >= 0.6 is 11.6 Å². The van der Waals surface area contributed by atoms with E-state index in [4.69, 9.17) is 17.3 Å². The first-order chi connectivity index (χ1) is 8.00. The Labute approximate surface area is 110 Å². The predicted octanol–water partition coefficient (Wildman–Crippen LogP) is 4.55. The summed E-state index contributed by atoms with van der Waals surface area (Å²) in [5.74, 6) is 0.771. The van der Waals surface area contributed by atoms with Gasteiger partial charge in [-0.2, -0.15) is 0 Å². The molecule has 0 bridgehead atoms. The van der Waals surface area contributed by atoms with Gasteiger partial charge in [-0.05, 0) is 31.4 Å². The number of hydrogen-bond donors (Lipinski definition) is 2. The number of benzene rings is 1. The minimum absolute atomic E-state index is 0.399. The van der Waals surface area contributed by atoms with Crippen molar-refractivity contribution < 1.29 is 0 Å². The molecule has 96 valence electrons. The van der Waals surface area contributed by atoms with Crippen molar-refractivity contribution in [2.45, 2.75) is 46.1 Å². The lowest BCUT2D eigenvalue weighted by Crippen LogP contribution is -2.16. The number of nitrogens with one attached hydrogen (secondary N) is 1. The van der Waals surface area contributed by atoms with Crippen LogP contribution in [0.2, 0.25) is 5.02 Å². The number of rotatable bonds is 6. The number of hydrogen-bond acceptors (Lipinski definition) is 2. The molecule has 0 amide bonds. The van der Waals surface area contributed by atoms with Crippen LogP contribution in [0, 0.1) is 5.92 Å². The molecule has 1 aromatic rings. The minimum atomic E-state index is 0.399. The second-order valence-corrected chi connectivity index (χ2v) is 5.48. The third-order valence-electron chi connectivity index (χ3n) is 2.86. The summed E-state index contributed by atoms with van der Waals surface area (Å²) >= 11 is 6.12. The van der Waals surface area contributed by atoms with Crippen LogP contribution in [0.5, 0.6) is 0 Å². The standard InChI is InChI=1S/C14H23ClN2/c1-10(2)6-4-7-11(3)17-14-12(15)8-5-9-13(14)16/h5,8-11,17H,4,6-7,16H2,1-3H3. The van der Waals surface area contributed by atoms with E-state index in [9.17, 15) is 0 Å². The fourth-order valence-electron chi connectivity index (χ4n) is 1.84. The smallest absolute Gasteiger partial charge is 0.0765 e. The van der Waals surface area contributed by atoms with Gasteiger partial charge in [-0.25, -0.2) is 0 Å². The molecule has 2 nitrogen and oxygen atoms in total. The van der Waals surface area contributed by atoms with Crippen molar-refractivity contribution in [2.75, 3.05) is 11.1 Å². The molecule has 1 unspecified atom stereocenters. The number of nitrogens with two attached hydrogens (primary N) is 1. The Kier molecular flexibility index (Phi) is 5.63. The van der Waals surface area contributed by atoms with Gasteiger partial charge in [-0.15, -0.1) is 0 Å². The number of halogens is 1. The maximum Gasteiger partial charge on any atom is 0.0765 e. The summed E-state index contributed by atoms with van der Waals surface area (Å²) in [6, 6.07) is 6.00. The summed E-state index contributed by atoms with van der Waals surface area (Å²) in [6.45, 7) is 6.68. The van der Waals surface area contributed by atoms with Crippen molar-refractivity contribution in [1.82, 2.24) is 0 Å². The molecule has 0 saturated heterocycles. The highest BCUT2D eigenvalue weighted by molar-refractivity contribution is 6.33. The van der Waals surface area contributed by atoms with Crippen molar-refractivity contribution in [3.63, 3.8) is 0 Å². The van der Waals surface area contributed by atoms with E-state index < -0.39 is 0 Å². The molecule has 1 atom stereocenters. The molecule has 0 spiro atoms. The first-order valence-corrected chi connectivity index (χ1v) is 6.69.